The topological polar surface area (TPSA) is 3.24 Å². The van der Waals surface area contributed by atoms with Gasteiger partial charge in [-0.05, 0) is 174 Å². The van der Waals surface area contributed by atoms with E-state index in [1.165, 1.54) is 117 Å². The molecule has 268 valence electrons. The van der Waals surface area contributed by atoms with Crippen molar-refractivity contribution in [3.8, 4) is 22.3 Å². The van der Waals surface area contributed by atoms with Crippen molar-refractivity contribution in [2.75, 3.05) is 4.90 Å². The van der Waals surface area contributed by atoms with Crippen molar-refractivity contribution in [2.24, 2.45) is 35.5 Å². The highest BCUT2D eigenvalue weighted by atomic mass is 32.1. The molecule has 55 heavy (non-hydrogen) atoms. The maximum atomic E-state index is 2.64. The maximum absolute atomic E-state index is 2.64. The summed E-state index contributed by atoms with van der Waals surface area (Å²) in [6, 6.07) is 50.5. The van der Waals surface area contributed by atoms with Crippen molar-refractivity contribution in [2.45, 2.75) is 68.6 Å². The summed E-state index contributed by atoms with van der Waals surface area (Å²) in [5.41, 5.74) is 16.6. The molecule has 1 aromatic heterocycles. The van der Waals surface area contributed by atoms with E-state index in [9.17, 15) is 0 Å². The molecule has 6 aromatic carbocycles. The van der Waals surface area contributed by atoms with Crippen LogP contribution in [0.25, 0.3) is 42.4 Å². The number of hydrogen-bond acceptors (Lipinski definition) is 2. The highest BCUT2D eigenvalue weighted by Gasteiger charge is 2.62. The van der Waals surface area contributed by atoms with Crippen molar-refractivity contribution < 1.29 is 0 Å². The molecule has 1 nitrogen and oxygen atoms in total. The average Bonchev–Trinajstić information content (AvgIpc) is 4.04. The van der Waals surface area contributed by atoms with Gasteiger partial charge >= 0.3 is 0 Å². The van der Waals surface area contributed by atoms with Crippen LogP contribution >= 0.6 is 11.3 Å². The molecule has 6 bridgehead atoms. The van der Waals surface area contributed by atoms with Gasteiger partial charge < -0.3 is 4.90 Å². The smallest absolute Gasteiger partial charge is 0.0554 e. The van der Waals surface area contributed by atoms with Crippen LogP contribution in [0.4, 0.5) is 17.1 Å². The molecule has 0 saturated heterocycles. The molecule has 0 aliphatic heterocycles. The number of nitrogens with zero attached hydrogens (tertiary/aromatic N) is 1. The normalized spacial score (nSPS) is 31.1. The monoisotopic (exact) mass is 727 g/mol. The third kappa shape index (κ3) is 3.72. The van der Waals surface area contributed by atoms with E-state index in [4.69, 9.17) is 0 Å². The molecule has 2 heteroatoms. The molecular weight excluding hydrogens is 683 g/mol. The Hall–Kier alpha value is -4.66. The van der Waals surface area contributed by atoms with Crippen molar-refractivity contribution >= 4 is 48.6 Å². The molecule has 2 spiro atoms. The number of rotatable bonds is 3. The molecule has 0 radical (unpaired) electrons. The summed E-state index contributed by atoms with van der Waals surface area (Å²) < 4.78 is 2.72. The lowest BCUT2D eigenvalue weighted by atomic mass is 9.43. The molecule has 3 atom stereocenters. The average molecular weight is 728 g/mol. The summed E-state index contributed by atoms with van der Waals surface area (Å²) in [4.78, 5) is 2.64. The molecule has 6 fully saturated rings. The third-order valence-corrected chi connectivity index (χ3v) is 17.8. The maximum Gasteiger partial charge on any atom is 0.0554 e. The van der Waals surface area contributed by atoms with Gasteiger partial charge in [-0.15, -0.1) is 11.3 Å². The summed E-state index contributed by atoms with van der Waals surface area (Å²) in [6.45, 7) is 0. The number of anilines is 3. The number of fused-ring (bicyclic) bond motifs is 14. The van der Waals surface area contributed by atoms with Gasteiger partial charge in [0.05, 0.1) is 5.69 Å². The first-order valence-electron chi connectivity index (χ1n) is 21.4. The Bertz CT molecular complexity index is 2760. The molecule has 0 amide bonds. The van der Waals surface area contributed by atoms with Crippen LogP contribution in [0.1, 0.15) is 80.0 Å². The van der Waals surface area contributed by atoms with E-state index < -0.39 is 0 Å². The molecule has 8 aliphatic rings. The fraction of sp³-hybridized carbons (Fsp3) is 0.321. The second kappa shape index (κ2) is 10.6. The van der Waals surface area contributed by atoms with Gasteiger partial charge in [-0.1, -0.05) is 91.3 Å². The van der Waals surface area contributed by atoms with Crippen LogP contribution in [0.2, 0.25) is 0 Å². The predicted molar refractivity (Wildman–Crippen MR) is 229 cm³/mol. The van der Waals surface area contributed by atoms with Crippen molar-refractivity contribution in [1.29, 1.82) is 0 Å². The van der Waals surface area contributed by atoms with Crippen molar-refractivity contribution in [3.05, 3.63) is 150 Å². The van der Waals surface area contributed by atoms with Gasteiger partial charge in [0.1, 0.15) is 0 Å². The van der Waals surface area contributed by atoms with Crippen LogP contribution in [-0.4, -0.2) is 0 Å². The van der Waals surface area contributed by atoms with E-state index in [2.05, 4.69) is 132 Å². The lowest BCUT2D eigenvalue weighted by Gasteiger charge is -2.61. The zero-order chi connectivity index (χ0) is 35.6. The van der Waals surface area contributed by atoms with Gasteiger partial charge in [-0.25, -0.2) is 0 Å². The third-order valence-electron chi connectivity index (χ3n) is 16.7. The SMILES string of the molecule is c1ccc2c(c1)-c1cc(N(c3ccc4c(c3)-c3ccccc3C43C4CC5CC(C4)CC3C5)c3cccc4sc5ccccc5c34)ccc1C21CC2CCC1C2. The zero-order valence-corrected chi connectivity index (χ0v) is 32.1. The van der Waals surface area contributed by atoms with Crippen LogP contribution < -0.4 is 4.90 Å². The van der Waals surface area contributed by atoms with Crippen LogP contribution in [0.15, 0.2) is 127 Å². The van der Waals surface area contributed by atoms with Gasteiger partial charge in [-0.3, -0.25) is 0 Å². The van der Waals surface area contributed by atoms with Crippen molar-refractivity contribution in [3.63, 3.8) is 0 Å². The number of hydrogen-bond donors (Lipinski definition) is 0. The number of benzene rings is 6. The zero-order valence-electron chi connectivity index (χ0n) is 31.3. The molecule has 3 unspecified atom stereocenters. The van der Waals surface area contributed by atoms with E-state index >= 15 is 0 Å². The molecule has 15 rings (SSSR count). The molecule has 8 aliphatic carbocycles. The van der Waals surface area contributed by atoms with Gasteiger partial charge in [0.15, 0.2) is 0 Å². The number of thiophene rings is 1. The first-order chi connectivity index (χ1) is 27.2. The Balaban J connectivity index is 1.01. The van der Waals surface area contributed by atoms with Crippen LogP contribution in [0.5, 0.6) is 0 Å². The first-order valence-corrected chi connectivity index (χ1v) is 22.2. The van der Waals surface area contributed by atoms with E-state index in [-0.39, 0.29) is 10.8 Å². The van der Waals surface area contributed by atoms with E-state index in [0.29, 0.717) is 0 Å². The summed E-state index contributed by atoms with van der Waals surface area (Å²) in [5, 5.41) is 2.72. The minimum Gasteiger partial charge on any atom is -0.310 e. The largest absolute Gasteiger partial charge is 0.310 e. The quantitative estimate of drug-likeness (QED) is 0.175. The van der Waals surface area contributed by atoms with Gasteiger partial charge in [0, 0.05) is 42.4 Å². The van der Waals surface area contributed by atoms with Crippen LogP contribution in [0.3, 0.4) is 0 Å². The summed E-state index contributed by atoms with van der Waals surface area (Å²) in [5.74, 6) is 5.08. The first kappa shape index (κ1) is 30.5. The van der Waals surface area contributed by atoms with Crippen LogP contribution in [0, 0.1) is 35.5 Å². The Labute approximate surface area is 328 Å². The Morgan fingerprint density at radius 3 is 1.82 bits per heavy atom. The Morgan fingerprint density at radius 2 is 1.07 bits per heavy atom. The molecule has 0 N–H and O–H groups in total. The fourth-order valence-corrected chi connectivity index (χ4v) is 16.3. The lowest BCUT2D eigenvalue weighted by Crippen LogP contribution is -2.55. The summed E-state index contributed by atoms with van der Waals surface area (Å²) >= 11 is 1.93. The summed E-state index contributed by atoms with van der Waals surface area (Å²) in [7, 11) is 0. The molecule has 6 saturated carbocycles. The predicted octanol–water partition coefficient (Wildman–Crippen LogP) is 14.3. The second-order valence-electron chi connectivity index (χ2n) is 18.9. The van der Waals surface area contributed by atoms with Crippen LogP contribution in [-0.2, 0) is 10.8 Å². The van der Waals surface area contributed by atoms with Crippen molar-refractivity contribution in [1.82, 2.24) is 0 Å². The van der Waals surface area contributed by atoms with Gasteiger partial charge in [0.25, 0.3) is 0 Å². The lowest BCUT2D eigenvalue weighted by molar-refractivity contribution is -0.0399. The highest BCUT2D eigenvalue weighted by molar-refractivity contribution is 7.26. The van der Waals surface area contributed by atoms with Gasteiger partial charge in [-0.2, -0.15) is 0 Å². The Morgan fingerprint density at radius 1 is 0.473 bits per heavy atom. The Kier molecular flexibility index (Phi) is 5.88. The minimum absolute atomic E-state index is 0.179. The standard InChI is InChI=1S/C53H45NS/c1-4-11-44-39(8-1)42-28-37(18-20-45(42)52(44)30-31-16-17-34(52)23-31)54(48-13-7-15-50-51(48)41-10-3-6-14-49(41)55-50)38-19-21-47-43(29-38)40-9-2-5-12-46(40)53(47)35-24-32-22-33(26-35)27-36(53)25-32/h1-15,18-21,28-29,31-36H,16-17,22-27,30H2. The van der Waals surface area contributed by atoms with E-state index in [1.54, 1.807) is 22.3 Å². The van der Waals surface area contributed by atoms with Gasteiger partial charge in [0.2, 0.25) is 0 Å². The second-order valence-corrected chi connectivity index (χ2v) is 19.9. The molecule has 7 aromatic rings. The highest BCUT2D eigenvalue weighted by Crippen LogP contribution is 2.70. The fourth-order valence-electron chi connectivity index (χ4n) is 15.2. The summed E-state index contributed by atoms with van der Waals surface area (Å²) in [6.07, 6.45) is 12.7. The van der Waals surface area contributed by atoms with E-state index in [1.807, 2.05) is 11.3 Å². The molecular formula is C53H45NS. The minimum atomic E-state index is 0.179. The molecule has 1 heterocycles. The van der Waals surface area contributed by atoms with E-state index in [0.717, 1.165) is 35.5 Å².